The number of aliphatic imine (C=N–C) groups is 1. The Labute approximate surface area is 185 Å². The van der Waals surface area contributed by atoms with E-state index < -0.39 is 43.2 Å². The van der Waals surface area contributed by atoms with E-state index in [0.717, 1.165) is 6.20 Å². The molecule has 4 N–H and O–H groups in total. The van der Waals surface area contributed by atoms with Gasteiger partial charge in [-0.1, -0.05) is 0 Å². The third-order valence-corrected chi connectivity index (χ3v) is 10.7. The number of carbonyl (C=O) groups is 1. The minimum atomic E-state index is -3.09. The van der Waals surface area contributed by atoms with Crippen molar-refractivity contribution in [2.75, 3.05) is 11.9 Å². The van der Waals surface area contributed by atoms with Crippen LogP contribution in [0.2, 0.25) is 0 Å². The summed E-state index contributed by atoms with van der Waals surface area (Å²) in [5.41, 5.74) is 5.26. The highest BCUT2D eigenvalue weighted by Gasteiger charge is 2.59. The Morgan fingerprint density at radius 2 is 2.03 bits per heavy atom. The van der Waals surface area contributed by atoms with Gasteiger partial charge in [0.15, 0.2) is 0 Å². The number of amidine groups is 1. The number of rotatable bonds is 3. The lowest BCUT2D eigenvalue weighted by atomic mass is 9.90. The van der Waals surface area contributed by atoms with Gasteiger partial charge < -0.3 is 11.1 Å². The number of fused-ring (bicyclic) bond motifs is 1. The van der Waals surface area contributed by atoms with Crippen molar-refractivity contribution in [3.05, 3.63) is 53.0 Å². The van der Waals surface area contributed by atoms with E-state index in [4.69, 9.17) is 5.73 Å². The Bertz CT molecular complexity index is 1200. The van der Waals surface area contributed by atoms with E-state index in [0.29, 0.717) is 18.5 Å². The number of halogens is 2. The minimum Gasteiger partial charge on any atom is -0.386 e. The van der Waals surface area contributed by atoms with Crippen LogP contribution in [0.1, 0.15) is 48.9 Å². The van der Waals surface area contributed by atoms with Gasteiger partial charge in [-0.2, -0.15) is 0 Å². The summed E-state index contributed by atoms with van der Waals surface area (Å²) in [6.45, 7) is 7.27. The number of pyridine rings is 2. The summed E-state index contributed by atoms with van der Waals surface area (Å²) in [6.07, 6.45) is 1.46. The summed E-state index contributed by atoms with van der Waals surface area (Å²) in [6, 6.07) is 3.68. The van der Waals surface area contributed by atoms with Crippen molar-refractivity contribution in [3.8, 4) is 0 Å². The highest BCUT2D eigenvalue weighted by Crippen LogP contribution is 2.48. The molecule has 0 bridgehead atoms. The molecule has 2 atom stereocenters. The van der Waals surface area contributed by atoms with Crippen LogP contribution in [-0.4, -0.2) is 42.5 Å². The molecule has 1 saturated heterocycles. The van der Waals surface area contributed by atoms with E-state index in [2.05, 4.69) is 25.0 Å². The number of carbonyl (C=O) groups excluding carboxylic acids is 1. The van der Waals surface area contributed by atoms with Gasteiger partial charge in [0.2, 0.25) is 0 Å². The number of amides is 1. The maximum Gasteiger partial charge on any atom is 0.275 e. The van der Waals surface area contributed by atoms with Crippen molar-refractivity contribution < 1.29 is 17.8 Å². The van der Waals surface area contributed by atoms with Gasteiger partial charge in [0.25, 0.3) is 5.91 Å². The van der Waals surface area contributed by atoms with Gasteiger partial charge in [-0.25, -0.2) is 18.7 Å². The summed E-state index contributed by atoms with van der Waals surface area (Å²) < 4.78 is 44.5. The first-order valence-electron chi connectivity index (χ1n) is 10.2. The molecular weight excluding hydrogens is 438 g/mol. The van der Waals surface area contributed by atoms with Crippen LogP contribution in [0.15, 0.2) is 29.4 Å². The number of hydrogen-bond acceptors (Lipinski definition) is 6. The molecule has 2 aromatic rings. The second-order valence-corrected chi connectivity index (χ2v) is 12.2. The average Bonchev–Trinajstić information content (AvgIpc) is 3.13. The Balaban J connectivity index is 1.75. The number of anilines is 1. The standard InChI is InChI=1S/C21H26F2N6O2S/c1-11-9-12(22)10-25-16(11)18(30)28-15-6-5-13(23)17(27-15)21(4)14-7-8-26-32(14,31)20(2,3)19(24)29-21/h5-6,9-10,14,32H,7-8H2,1-4H3,(H2,24,29)(H,26,31)(H,27,28,30)/t14-,21+/m1/s1. The van der Waals surface area contributed by atoms with Gasteiger partial charge >= 0.3 is 0 Å². The molecule has 172 valence electrons. The zero-order valence-corrected chi connectivity index (χ0v) is 19.1. The Morgan fingerprint density at radius 1 is 1.31 bits per heavy atom. The van der Waals surface area contributed by atoms with Crippen LogP contribution >= 0.6 is 0 Å². The fraction of sp³-hybridized carbons (Fsp3) is 0.429. The predicted molar refractivity (Wildman–Crippen MR) is 120 cm³/mol. The van der Waals surface area contributed by atoms with Gasteiger partial charge in [0.05, 0.1) is 16.2 Å². The number of thiol groups is 1. The largest absolute Gasteiger partial charge is 0.386 e. The van der Waals surface area contributed by atoms with Gasteiger partial charge in [-0.05, 0) is 68.0 Å². The zero-order valence-electron chi connectivity index (χ0n) is 18.2. The molecule has 2 aliphatic rings. The molecule has 4 rings (SSSR count). The van der Waals surface area contributed by atoms with Crippen LogP contribution in [0.4, 0.5) is 14.6 Å². The predicted octanol–water partition coefficient (Wildman–Crippen LogP) is 1.97. The lowest BCUT2D eigenvalue weighted by molar-refractivity contribution is 0.102. The second kappa shape index (κ2) is 7.38. The number of aromatic nitrogens is 2. The summed E-state index contributed by atoms with van der Waals surface area (Å²) >= 11 is 0. The Morgan fingerprint density at radius 3 is 2.72 bits per heavy atom. The van der Waals surface area contributed by atoms with Crippen LogP contribution in [0, 0.1) is 18.6 Å². The summed E-state index contributed by atoms with van der Waals surface area (Å²) in [5.74, 6) is -1.58. The van der Waals surface area contributed by atoms with E-state index in [1.807, 2.05) is 0 Å². The van der Waals surface area contributed by atoms with Crippen molar-refractivity contribution in [3.63, 3.8) is 0 Å². The smallest absolute Gasteiger partial charge is 0.275 e. The lowest BCUT2D eigenvalue weighted by Crippen LogP contribution is -2.64. The van der Waals surface area contributed by atoms with E-state index in [1.165, 1.54) is 18.2 Å². The van der Waals surface area contributed by atoms with Gasteiger partial charge in [0, 0.05) is 6.54 Å². The average molecular weight is 465 g/mol. The number of aryl methyl sites for hydroxylation is 1. The fourth-order valence-corrected chi connectivity index (χ4v) is 8.17. The van der Waals surface area contributed by atoms with Crippen LogP contribution in [0.5, 0.6) is 0 Å². The zero-order chi connectivity index (χ0) is 23.5. The first-order chi connectivity index (χ1) is 14.9. The second-order valence-electron chi connectivity index (χ2n) is 8.87. The van der Waals surface area contributed by atoms with Gasteiger partial charge in [-0.3, -0.25) is 18.7 Å². The van der Waals surface area contributed by atoms with Crippen LogP contribution < -0.4 is 15.8 Å². The molecule has 0 aliphatic carbocycles. The fourth-order valence-electron chi connectivity index (χ4n) is 4.54. The van der Waals surface area contributed by atoms with Crippen molar-refractivity contribution in [2.24, 2.45) is 10.7 Å². The summed E-state index contributed by atoms with van der Waals surface area (Å²) in [7, 11) is -3.09. The van der Waals surface area contributed by atoms with E-state index in [9.17, 15) is 13.4 Å². The molecule has 8 nitrogen and oxygen atoms in total. The molecule has 2 aliphatic heterocycles. The third kappa shape index (κ3) is 3.22. The molecule has 0 radical (unpaired) electrons. The molecular formula is C21H26F2N6O2S. The maximum atomic E-state index is 15.0. The number of nitrogens with one attached hydrogen (secondary N) is 2. The van der Waals surface area contributed by atoms with Crippen LogP contribution in [0.3, 0.4) is 0 Å². The van der Waals surface area contributed by atoms with Crippen molar-refractivity contribution in [2.45, 2.75) is 49.7 Å². The highest BCUT2D eigenvalue weighted by molar-refractivity contribution is 8.04. The maximum absolute atomic E-state index is 15.0. The molecule has 0 unspecified atom stereocenters. The van der Waals surface area contributed by atoms with Crippen molar-refractivity contribution >= 4 is 27.7 Å². The van der Waals surface area contributed by atoms with Gasteiger partial charge in [0.1, 0.15) is 40.2 Å². The SMILES string of the molecule is Cc1cc(F)cnc1C(=O)Nc1ccc(F)c([C@@]2(C)N=C(N)C(C)(C)[SH]3(=O)NCC[C@H]23)n1. The monoisotopic (exact) mass is 464 g/mol. The Kier molecular flexibility index (Phi) is 5.17. The van der Waals surface area contributed by atoms with Gasteiger partial charge in [-0.15, -0.1) is 0 Å². The molecule has 1 fully saturated rings. The van der Waals surface area contributed by atoms with E-state index in [-0.39, 0.29) is 23.0 Å². The number of hydrogen-bond donors (Lipinski definition) is 4. The van der Waals surface area contributed by atoms with Crippen LogP contribution in [0.25, 0.3) is 0 Å². The number of nitrogens with two attached hydrogens (primary N) is 1. The molecule has 4 heterocycles. The minimum absolute atomic E-state index is 0.0245. The molecule has 0 spiro atoms. The molecule has 0 aromatic carbocycles. The molecule has 1 amide bonds. The lowest BCUT2D eigenvalue weighted by Gasteiger charge is -2.50. The quantitative estimate of drug-likeness (QED) is 0.518. The van der Waals surface area contributed by atoms with E-state index >= 15 is 4.39 Å². The van der Waals surface area contributed by atoms with Crippen molar-refractivity contribution in [1.29, 1.82) is 0 Å². The normalized spacial score (nSPS) is 26.7. The van der Waals surface area contributed by atoms with Crippen LogP contribution in [-0.2, 0) is 15.7 Å². The molecule has 11 heteroatoms. The molecule has 0 saturated carbocycles. The highest BCUT2D eigenvalue weighted by atomic mass is 32.3. The molecule has 32 heavy (non-hydrogen) atoms. The summed E-state index contributed by atoms with van der Waals surface area (Å²) in [4.78, 5) is 25.4. The third-order valence-electron chi connectivity index (χ3n) is 6.49. The van der Waals surface area contributed by atoms with Crippen molar-refractivity contribution in [1.82, 2.24) is 14.7 Å². The van der Waals surface area contributed by atoms with E-state index in [1.54, 1.807) is 27.7 Å². The number of nitrogens with zero attached hydrogens (tertiary/aromatic N) is 3. The first-order valence-corrected chi connectivity index (χ1v) is 12.0. The first kappa shape index (κ1) is 22.4. The Hall–Kier alpha value is -2.79. The topological polar surface area (TPSA) is 122 Å². The summed E-state index contributed by atoms with van der Waals surface area (Å²) in [5, 5.41) is 2.06. The molecule has 2 aromatic heterocycles.